The Balaban J connectivity index is 1.90. The van der Waals surface area contributed by atoms with Crippen molar-refractivity contribution in [1.82, 2.24) is 4.98 Å². The third-order valence-electron chi connectivity index (χ3n) is 4.29. The molecule has 2 aromatic rings. The van der Waals surface area contributed by atoms with E-state index in [4.69, 9.17) is 27.0 Å². The fraction of sp³-hybridized carbons (Fsp3) is 0.526. The van der Waals surface area contributed by atoms with Gasteiger partial charge in [-0.25, -0.2) is 4.98 Å². The Kier molecular flexibility index (Phi) is 6.80. The number of thiocarbonyl (C=S) groups is 1. The monoisotopic (exact) mass is 439 g/mol. The highest BCUT2D eigenvalue weighted by Gasteiger charge is 2.22. The lowest BCUT2D eigenvalue weighted by Gasteiger charge is -2.30. The molecule has 0 atom stereocenters. The van der Waals surface area contributed by atoms with E-state index >= 15 is 0 Å². The summed E-state index contributed by atoms with van der Waals surface area (Å²) in [5.74, 6) is -0.365. The molecule has 0 saturated carbocycles. The summed E-state index contributed by atoms with van der Waals surface area (Å²) in [7, 11) is 0. The molecule has 1 aliphatic rings. The molecule has 0 bridgehead atoms. The van der Waals surface area contributed by atoms with E-state index in [0.29, 0.717) is 23.3 Å². The number of benzene rings is 1. The predicted molar refractivity (Wildman–Crippen MR) is 122 cm³/mol. The number of morpholine rings is 1. The molecule has 0 aliphatic carbocycles. The first kappa shape index (κ1) is 21.3. The number of rotatable bonds is 5. The van der Waals surface area contributed by atoms with Gasteiger partial charge in [-0.2, -0.15) is 0 Å². The number of carboxylic acids is 1. The van der Waals surface area contributed by atoms with Crippen molar-refractivity contribution < 1.29 is 14.6 Å². The Morgan fingerprint density at radius 1 is 1.39 bits per heavy atom. The van der Waals surface area contributed by atoms with Crippen LogP contribution in [0.4, 0.5) is 11.4 Å². The molecule has 6 nitrogen and oxygen atoms in total. The van der Waals surface area contributed by atoms with Crippen LogP contribution in [0.2, 0.25) is 0 Å². The van der Waals surface area contributed by atoms with Crippen LogP contribution in [0.25, 0.3) is 10.2 Å². The molecule has 1 fully saturated rings. The van der Waals surface area contributed by atoms with Crippen LogP contribution in [-0.2, 0) is 14.9 Å². The van der Waals surface area contributed by atoms with Crippen molar-refractivity contribution in [3.63, 3.8) is 0 Å². The number of carboxylic acid groups (broad SMARTS) is 1. The summed E-state index contributed by atoms with van der Waals surface area (Å²) in [6.07, 6.45) is 0.0889. The van der Waals surface area contributed by atoms with E-state index in [1.807, 2.05) is 0 Å². The fourth-order valence-corrected chi connectivity index (χ4v) is 4.88. The number of anilines is 2. The summed E-state index contributed by atoms with van der Waals surface area (Å²) < 4.78 is 7.19. The maximum absolute atomic E-state index is 10.7. The summed E-state index contributed by atoms with van der Waals surface area (Å²) in [5, 5.41) is 13.2. The molecule has 3 rings (SSSR count). The summed E-state index contributed by atoms with van der Waals surface area (Å²) in [6, 6.07) is 4.23. The van der Waals surface area contributed by atoms with Gasteiger partial charge in [0.2, 0.25) is 0 Å². The van der Waals surface area contributed by atoms with Gasteiger partial charge in [0.05, 0.1) is 46.2 Å². The average Bonchev–Trinajstić information content (AvgIpc) is 3.05. The normalized spacial score (nSPS) is 15.0. The van der Waals surface area contributed by atoms with Crippen LogP contribution in [0.1, 0.15) is 32.2 Å². The highest BCUT2D eigenvalue weighted by Crippen LogP contribution is 2.38. The van der Waals surface area contributed by atoms with Crippen molar-refractivity contribution in [2.45, 2.75) is 32.6 Å². The topological polar surface area (TPSA) is 74.7 Å². The number of thiazole rings is 1. The van der Waals surface area contributed by atoms with E-state index in [0.717, 1.165) is 39.7 Å². The van der Waals surface area contributed by atoms with Crippen molar-refractivity contribution in [2.75, 3.05) is 42.3 Å². The molecule has 9 heteroatoms. The number of hydrogen-bond acceptors (Lipinski definition) is 7. The first-order valence-electron chi connectivity index (χ1n) is 9.17. The number of carbonyl (C=O) groups is 1. The zero-order valence-electron chi connectivity index (χ0n) is 16.3. The number of aromatic nitrogens is 1. The Morgan fingerprint density at radius 2 is 2.11 bits per heavy atom. The molecular formula is C19H25N3O3S3. The molecule has 2 heterocycles. The third kappa shape index (κ3) is 5.34. The molecule has 1 saturated heterocycles. The summed E-state index contributed by atoms with van der Waals surface area (Å²) >= 11 is 8.49. The summed E-state index contributed by atoms with van der Waals surface area (Å²) in [5.41, 5.74) is 2.98. The van der Waals surface area contributed by atoms with Gasteiger partial charge in [-0.3, -0.25) is 4.79 Å². The Labute approximate surface area is 178 Å². The van der Waals surface area contributed by atoms with Crippen LogP contribution < -0.4 is 10.2 Å². The van der Waals surface area contributed by atoms with Crippen molar-refractivity contribution >= 4 is 67.2 Å². The van der Waals surface area contributed by atoms with Gasteiger partial charge in [0, 0.05) is 24.3 Å². The van der Waals surface area contributed by atoms with E-state index < -0.39 is 5.97 Å². The van der Waals surface area contributed by atoms with Crippen molar-refractivity contribution in [1.29, 1.82) is 0 Å². The van der Waals surface area contributed by atoms with E-state index in [1.165, 1.54) is 11.8 Å². The van der Waals surface area contributed by atoms with E-state index in [1.54, 1.807) is 11.3 Å². The number of nitrogens with one attached hydrogen (secondary N) is 1. The fourth-order valence-electron chi connectivity index (χ4n) is 2.83. The van der Waals surface area contributed by atoms with Crippen LogP contribution >= 0.6 is 35.3 Å². The molecular weight excluding hydrogens is 414 g/mol. The van der Waals surface area contributed by atoms with Gasteiger partial charge in [-0.15, -0.1) is 11.3 Å². The zero-order valence-corrected chi connectivity index (χ0v) is 18.7. The van der Waals surface area contributed by atoms with Gasteiger partial charge in [0.15, 0.2) is 0 Å². The SMILES string of the molecule is CC(C)(C)c1nc2cc(N3CCOCC3)c(NC(=S)SCCC(=O)O)cc2s1. The molecule has 0 unspecified atom stereocenters. The Hall–Kier alpha value is -1.42. The second kappa shape index (κ2) is 8.94. The molecule has 152 valence electrons. The Bertz CT molecular complexity index is 870. The smallest absolute Gasteiger partial charge is 0.304 e. The number of fused-ring (bicyclic) bond motifs is 1. The average molecular weight is 440 g/mol. The number of hydrogen-bond donors (Lipinski definition) is 2. The summed E-state index contributed by atoms with van der Waals surface area (Å²) in [6.45, 7) is 9.52. The lowest BCUT2D eigenvalue weighted by molar-refractivity contribution is -0.136. The quantitative estimate of drug-likeness (QED) is 0.667. The summed E-state index contributed by atoms with van der Waals surface area (Å²) in [4.78, 5) is 17.9. The number of ether oxygens (including phenoxy) is 1. The highest BCUT2D eigenvalue weighted by molar-refractivity contribution is 8.23. The minimum atomic E-state index is -0.815. The minimum absolute atomic E-state index is 0.00160. The van der Waals surface area contributed by atoms with Gasteiger partial charge in [-0.1, -0.05) is 44.8 Å². The van der Waals surface area contributed by atoms with Crippen molar-refractivity contribution in [3.8, 4) is 0 Å². The first-order valence-corrected chi connectivity index (χ1v) is 11.4. The van der Waals surface area contributed by atoms with Gasteiger partial charge in [0.25, 0.3) is 0 Å². The van der Waals surface area contributed by atoms with E-state index in [9.17, 15) is 4.79 Å². The molecule has 1 aromatic heterocycles. The molecule has 1 aliphatic heterocycles. The number of aliphatic carboxylic acids is 1. The lowest BCUT2D eigenvalue weighted by atomic mass is 9.98. The van der Waals surface area contributed by atoms with Crippen molar-refractivity contribution in [3.05, 3.63) is 17.1 Å². The molecule has 2 N–H and O–H groups in total. The third-order valence-corrected chi connectivity index (χ3v) is 6.96. The highest BCUT2D eigenvalue weighted by atomic mass is 32.2. The molecule has 28 heavy (non-hydrogen) atoms. The molecule has 0 radical (unpaired) electrons. The van der Waals surface area contributed by atoms with Crippen molar-refractivity contribution in [2.24, 2.45) is 0 Å². The van der Waals surface area contributed by atoms with Crippen LogP contribution in [0.3, 0.4) is 0 Å². The second-order valence-electron chi connectivity index (χ2n) is 7.61. The lowest BCUT2D eigenvalue weighted by Crippen LogP contribution is -2.36. The van der Waals surface area contributed by atoms with E-state index in [-0.39, 0.29) is 11.8 Å². The van der Waals surface area contributed by atoms with E-state index in [2.05, 4.69) is 43.1 Å². The van der Waals surface area contributed by atoms with Crippen LogP contribution in [-0.4, -0.2) is 52.4 Å². The molecule has 1 aromatic carbocycles. The predicted octanol–water partition coefficient (Wildman–Crippen LogP) is 4.34. The van der Waals surface area contributed by atoms with Gasteiger partial charge >= 0.3 is 5.97 Å². The van der Waals surface area contributed by atoms with Gasteiger partial charge < -0.3 is 20.1 Å². The maximum Gasteiger partial charge on any atom is 0.304 e. The minimum Gasteiger partial charge on any atom is -0.481 e. The molecule has 0 spiro atoms. The molecule has 0 amide bonds. The second-order valence-corrected chi connectivity index (χ2v) is 10.4. The van der Waals surface area contributed by atoms with Crippen LogP contribution in [0.15, 0.2) is 12.1 Å². The number of thioether (sulfide) groups is 1. The van der Waals surface area contributed by atoms with Gasteiger partial charge in [-0.05, 0) is 12.1 Å². The maximum atomic E-state index is 10.7. The number of nitrogens with zero attached hydrogens (tertiary/aromatic N) is 2. The zero-order chi connectivity index (χ0) is 20.3. The standard InChI is InChI=1S/C19H25N3O3S3/c1-19(2,3)17-20-13-10-14(22-5-7-25-8-6-22)12(11-15(13)28-17)21-18(26)27-9-4-16(23)24/h10-11H,4-9H2,1-3H3,(H,21,26)(H,23,24). The Morgan fingerprint density at radius 3 is 2.75 bits per heavy atom. The van der Waals surface area contributed by atoms with Gasteiger partial charge in [0.1, 0.15) is 4.32 Å². The largest absolute Gasteiger partial charge is 0.481 e. The first-order chi connectivity index (χ1) is 13.2. The van der Waals surface area contributed by atoms with Crippen LogP contribution in [0, 0.1) is 0 Å². The van der Waals surface area contributed by atoms with Crippen LogP contribution in [0.5, 0.6) is 0 Å².